The van der Waals surface area contributed by atoms with Crippen LogP contribution in [0, 0.1) is 5.92 Å². The van der Waals surface area contributed by atoms with E-state index < -0.39 is 5.41 Å². The van der Waals surface area contributed by atoms with Gasteiger partial charge in [0.1, 0.15) is 24.2 Å². The molecule has 5 nitrogen and oxygen atoms in total. The van der Waals surface area contributed by atoms with Gasteiger partial charge in [-0.05, 0) is 18.1 Å². The van der Waals surface area contributed by atoms with Gasteiger partial charge < -0.3 is 13.7 Å². The molecule has 1 atom stereocenters. The van der Waals surface area contributed by atoms with Crippen LogP contribution in [-0.2, 0) is 21.5 Å². The molecule has 3 fully saturated rings. The molecule has 3 saturated heterocycles. The van der Waals surface area contributed by atoms with Gasteiger partial charge in [-0.3, -0.25) is 4.79 Å². The van der Waals surface area contributed by atoms with Crippen LogP contribution in [0.5, 0.6) is 0 Å². The predicted molar refractivity (Wildman–Crippen MR) is 142 cm³/mol. The Labute approximate surface area is 218 Å². The number of piperidine rings is 3. The molecule has 0 N–H and O–H groups in total. The molecule has 5 heteroatoms. The highest BCUT2D eigenvalue weighted by Gasteiger charge is 2.50. The van der Waals surface area contributed by atoms with E-state index in [1.165, 1.54) is 0 Å². The van der Waals surface area contributed by atoms with Crippen LogP contribution in [0.25, 0.3) is 11.3 Å². The van der Waals surface area contributed by atoms with Crippen molar-refractivity contribution >= 4 is 5.97 Å². The number of nitrogens with zero attached hydrogens (tertiary/aromatic N) is 2. The van der Waals surface area contributed by atoms with Gasteiger partial charge in [0.2, 0.25) is 0 Å². The van der Waals surface area contributed by atoms with E-state index in [9.17, 15) is 4.79 Å². The summed E-state index contributed by atoms with van der Waals surface area (Å²) in [7, 11) is 0. The molecule has 3 aliphatic heterocycles. The van der Waals surface area contributed by atoms with Crippen LogP contribution < -0.4 is 0 Å². The molecule has 37 heavy (non-hydrogen) atoms. The lowest BCUT2D eigenvalue weighted by molar-refractivity contribution is -0.958. The maximum atomic E-state index is 14.0. The summed E-state index contributed by atoms with van der Waals surface area (Å²) < 4.78 is 13.0. The molecule has 3 aromatic carbocycles. The van der Waals surface area contributed by atoms with Gasteiger partial charge >= 0.3 is 5.97 Å². The van der Waals surface area contributed by atoms with E-state index in [2.05, 4.69) is 11.2 Å². The van der Waals surface area contributed by atoms with Gasteiger partial charge in [-0.2, -0.15) is 0 Å². The van der Waals surface area contributed by atoms with E-state index >= 15 is 0 Å². The Bertz CT molecular complexity index is 1300. The fourth-order valence-corrected chi connectivity index (χ4v) is 6.25. The number of esters is 1. The molecule has 0 unspecified atom stereocenters. The van der Waals surface area contributed by atoms with Crippen molar-refractivity contribution in [2.75, 3.05) is 19.6 Å². The lowest BCUT2D eigenvalue weighted by Gasteiger charge is -2.52. The molecule has 4 aromatic rings. The number of ether oxygens (including phenoxy) is 1. The smallest absolute Gasteiger partial charge is 0.321 e. The maximum absolute atomic E-state index is 14.0. The third-order valence-electron chi connectivity index (χ3n) is 8.53. The van der Waals surface area contributed by atoms with Crippen LogP contribution in [0.4, 0.5) is 0 Å². The molecule has 0 radical (unpaired) electrons. The van der Waals surface area contributed by atoms with Crippen molar-refractivity contribution in [1.82, 2.24) is 5.16 Å². The minimum absolute atomic E-state index is 0.0951. The third-order valence-corrected chi connectivity index (χ3v) is 8.53. The largest absolute Gasteiger partial charge is 0.455 e. The minimum atomic E-state index is -0.865. The number of hydrogen-bond donors (Lipinski definition) is 0. The highest BCUT2D eigenvalue weighted by Crippen LogP contribution is 2.40. The molecule has 0 saturated carbocycles. The van der Waals surface area contributed by atoms with Crippen LogP contribution in [0.15, 0.2) is 102 Å². The summed E-state index contributed by atoms with van der Waals surface area (Å²) in [5, 5.41) is 4.40. The Morgan fingerprint density at radius 2 is 1.49 bits per heavy atom. The third kappa shape index (κ3) is 4.49. The van der Waals surface area contributed by atoms with E-state index in [4.69, 9.17) is 9.26 Å². The van der Waals surface area contributed by atoms with Gasteiger partial charge in [-0.15, -0.1) is 0 Å². The van der Waals surface area contributed by atoms with Gasteiger partial charge in [0.25, 0.3) is 0 Å². The maximum Gasteiger partial charge on any atom is 0.321 e. The van der Waals surface area contributed by atoms with E-state index in [1.807, 2.05) is 97.9 Å². The Morgan fingerprint density at radius 1 is 0.919 bits per heavy atom. The number of rotatable bonds is 7. The SMILES string of the molecule is CC(C(=O)O[C@H]1C[N+]2(Cc3cc(-c4ccccc4)on3)CCC1CC2)(c1ccccc1)c1ccccc1. The molecule has 0 spiro atoms. The Kier molecular flexibility index (Phi) is 6.17. The van der Waals surface area contributed by atoms with Gasteiger partial charge in [0, 0.05) is 30.4 Å². The number of benzene rings is 3. The number of quaternary nitrogens is 1. The standard InChI is InChI=1S/C32H33N2O3/c1-32(26-13-7-3-8-14-26,27-15-9-4-10-16-27)31(35)36-30-23-34(19-17-25(30)18-20-34)22-28-21-29(37-33-28)24-11-5-2-6-12-24/h2-16,21,25,30H,17-20,22-23H2,1H3/q+1/t25?,30-,34?/m0/s1. The molecule has 2 bridgehead atoms. The molecule has 0 amide bonds. The Morgan fingerprint density at radius 3 is 2.08 bits per heavy atom. The average Bonchev–Trinajstić information content (AvgIpc) is 3.42. The van der Waals surface area contributed by atoms with Gasteiger partial charge in [0.15, 0.2) is 11.9 Å². The predicted octanol–water partition coefficient (Wildman–Crippen LogP) is 6.00. The van der Waals surface area contributed by atoms with Crippen molar-refractivity contribution in [2.24, 2.45) is 5.92 Å². The van der Waals surface area contributed by atoms with Crippen LogP contribution >= 0.6 is 0 Å². The molecule has 0 aliphatic carbocycles. The number of carbonyl (C=O) groups excluding carboxylic acids is 1. The number of carbonyl (C=O) groups is 1. The summed E-state index contributed by atoms with van der Waals surface area (Å²) in [5.74, 6) is 1.04. The number of hydrogen-bond acceptors (Lipinski definition) is 4. The first-order chi connectivity index (χ1) is 18.1. The topological polar surface area (TPSA) is 52.3 Å². The van der Waals surface area contributed by atoms with Crippen molar-refractivity contribution in [3.63, 3.8) is 0 Å². The molecule has 7 rings (SSSR count). The normalized spacial score (nSPS) is 23.1. The zero-order valence-corrected chi connectivity index (χ0v) is 21.3. The van der Waals surface area contributed by atoms with Crippen molar-refractivity contribution in [3.05, 3.63) is 114 Å². The van der Waals surface area contributed by atoms with E-state index in [0.717, 1.165) is 71.6 Å². The summed E-state index contributed by atoms with van der Waals surface area (Å²) >= 11 is 0. The summed E-state index contributed by atoms with van der Waals surface area (Å²) in [6.07, 6.45) is 2.03. The molecule has 188 valence electrons. The van der Waals surface area contributed by atoms with Crippen LogP contribution in [0.3, 0.4) is 0 Å². The summed E-state index contributed by atoms with van der Waals surface area (Å²) in [6, 6.07) is 32.1. The zero-order chi connectivity index (χ0) is 25.3. The summed E-state index contributed by atoms with van der Waals surface area (Å²) in [5.41, 5.74) is 3.03. The first-order valence-corrected chi connectivity index (χ1v) is 13.2. The molecule has 4 heterocycles. The average molecular weight is 494 g/mol. The minimum Gasteiger partial charge on any atom is -0.455 e. The molecular formula is C32H33N2O3+. The molecular weight excluding hydrogens is 460 g/mol. The fraction of sp³-hybridized carbons (Fsp3) is 0.312. The van der Waals surface area contributed by atoms with Crippen molar-refractivity contribution in [3.8, 4) is 11.3 Å². The van der Waals surface area contributed by atoms with Crippen molar-refractivity contribution in [2.45, 2.75) is 37.8 Å². The second kappa shape index (κ2) is 9.64. The first kappa shape index (κ1) is 23.7. The lowest BCUT2D eigenvalue weighted by atomic mass is 9.76. The number of fused-ring (bicyclic) bond motifs is 3. The Hall–Kier alpha value is -3.70. The fourth-order valence-electron chi connectivity index (χ4n) is 6.25. The second-order valence-corrected chi connectivity index (χ2v) is 10.8. The van der Waals surface area contributed by atoms with Gasteiger partial charge in [0.05, 0.1) is 13.1 Å². The van der Waals surface area contributed by atoms with E-state index in [0.29, 0.717) is 5.92 Å². The molecule has 1 aromatic heterocycles. The van der Waals surface area contributed by atoms with Crippen LogP contribution in [0.1, 0.15) is 36.6 Å². The summed E-state index contributed by atoms with van der Waals surface area (Å²) in [6.45, 7) is 5.78. The molecule has 3 aliphatic rings. The second-order valence-electron chi connectivity index (χ2n) is 10.8. The highest BCUT2D eigenvalue weighted by atomic mass is 16.5. The Balaban J connectivity index is 1.22. The van der Waals surface area contributed by atoms with E-state index in [1.54, 1.807) is 0 Å². The lowest BCUT2D eigenvalue weighted by Crippen LogP contribution is -2.64. The first-order valence-electron chi connectivity index (χ1n) is 13.2. The zero-order valence-electron chi connectivity index (χ0n) is 21.3. The van der Waals surface area contributed by atoms with Crippen molar-refractivity contribution in [1.29, 1.82) is 0 Å². The number of aromatic nitrogens is 1. The van der Waals surface area contributed by atoms with Gasteiger partial charge in [-0.1, -0.05) is 96.2 Å². The van der Waals surface area contributed by atoms with E-state index in [-0.39, 0.29) is 12.1 Å². The van der Waals surface area contributed by atoms with Crippen LogP contribution in [-0.4, -0.2) is 41.3 Å². The monoisotopic (exact) mass is 493 g/mol. The quantitative estimate of drug-likeness (QED) is 0.234. The van der Waals surface area contributed by atoms with Crippen LogP contribution in [0.2, 0.25) is 0 Å². The van der Waals surface area contributed by atoms with Crippen molar-refractivity contribution < 1.29 is 18.5 Å². The summed E-state index contributed by atoms with van der Waals surface area (Å²) in [4.78, 5) is 14.0. The van der Waals surface area contributed by atoms with Gasteiger partial charge in [-0.25, -0.2) is 0 Å². The highest BCUT2D eigenvalue weighted by molar-refractivity contribution is 5.87.